The van der Waals surface area contributed by atoms with Gasteiger partial charge in [0.05, 0.1) is 12.7 Å². The number of ketones is 1. The van der Waals surface area contributed by atoms with Crippen LogP contribution in [-0.4, -0.2) is 37.4 Å². The second kappa shape index (κ2) is 10.7. The van der Waals surface area contributed by atoms with Crippen molar-refractivity contribution in [2.75, 3.05) is 13.7 Å². The molecule has 0 fully saturated rings. The molecule has 2 aromatic carbocycles. The Labute approximate surface area is 179 Å². The number of rotatable bonds is 9. The standard InChI is InChI=1S/C22H23ClFNO5/c1-4-13(2)20(25-21(27)14-5-7-15(23)8-6-14)22(28)30-12-18(26)17-11-16(24)9-10-19(17)29-3/h5-11,13,20H,4,12H2,1-3H3,(H,25,27)/t13-,20-/m0/s1. The van der Waals surface area contributed by atoms with Crippen LogP contribution in [0, 0.1) is 11.7 Å². The summed E-state index contributed by atoms with van der Waals surface area (Å²) in [4.78, 5) is 37.5. The van der Waals surface area contributed by atoms with Gasteiger partial charge in [-0.2, -0.15) is 0 Å². The van der Waals surface area contributed by atoms with E-state index in [2.05, 4.69) is 5.32 Å². The molecule has 0 aliphatic rings. The van der Waals surface area contributed by atoms with Gasteiger partial charge in [0.1, 0.15) is 17.6 Å². The minimum absolute atomic E-state index is 0.0319. The van der Waals surface area contributed by atoms with Gasteiger partial charge in [-0.3, -0.25) is 9.59 Å². The van der Waals surface area contributed by atoms with Gasteiger partial charge in [-0.25, -0.2) is 9.18 Å². The molecular formula is C22H23ClFNO5. The van der Waals surface area contributed by atoms with E-state index in [4.69, 9.17) is 21.1 Å². The lowest BCUT2D eigenvalue weighted by atomic mass is 9.98. The molecule has 0 aliphatic carbocycles. The zero-order valence-electron chi connectivity index (χ0n) is 16.9. The van der Waals surface area contributed by atoms with Crippen LogP contribution in [-0.2, 0) is 9.53 Å². The Bertz CT molecular complexity index is 916. The van der Waals surface area contributed by atoms with E-state index in [1.165, 1.54) is 25.3 Å². The normalized spacial score (nSPS) is 12.6. The van der Waals surface area contributed by atoms with Gasteiger partial charge in [0.2, 0.25) is 5.78 Å². The van der Waals surface area contributed by atoms with E-state index in [1.807, 2.05) is 6.92 Å². The summed E-state index contributed by atoms with van der Waals surface area (Å²) in [6.07, 6.45) is 0.590. The van der Waals surface area contributed by atoms with Gasteiger partial charge < -0.3 is 14.8 Å². The lowest BCUT2D eigenvalue weighted by molar-refractivity contribution is -0.146. The first kappa shape index (κ1) is 23.3. The lowest BCUT2D eigenvalue weighted by Crippen LogP contribution is -2.46. The van der Waals surface area contributed by atoms with Crippen LogP contribution < -0.4 is 10.1 Å². The number of carbonyl (C=O) groups is 3. The van der Waals surface area contributed by atoms with Crippen LogP contribution in [0.3, 0.4) is 0 Å². The van der Waals surface area contributed by atoms with Crippen LogP contribution in [0.25, 0.3) is 0 Å². The Morgan fingerprint density at radius 3 is 2.40 bits per heavy atom. The molecule has 6 nitrogen and oxygen atoms in total. The topological polar surface area (TPSA) is 81.7 Å². The minimum Gasteiger partial charge on any atom is -0.496 e. The van der Waals surface area contributed by atoms with E-state index in [0.717, 1.165) is 12.1 Å². The van der Waals surface area contributed by atoms with Crippen LogP contribution >= 0.6 is 11.6 Å². The van der Waals surface area contributed by atoms with E-state index >= 15 is 0 Å². The van der Waals surface area contributed by atoms with Gasteiger partial charge >= 0.3 is 5.97 Å². The first-order valence-corrected chi connectivity index (χ1v) is 9.74. The Hall–Kier alpha value is -2.93. The fourth-order valence-corrected chi connectivity index (χ4v) is 2.82. The largest absolute Gasteiger partial charge is 0.496 e. The van der Waals surface area contributed by atoms with E-state index in [9.17, 15) is 18.8 Å². The highest BCUT2D eigenvalue weighted by Gasteiger charge is 2.28. The van der Waals surface area contributed by atoms with E-state index in [-0.39, 0.29) is 17.2 Å². The molecule has 2 atom stereocenters. The summed E-state index contributed by atoms with van der Waals surface area (Å²) in [7, 11) is 1.35. The molecule has 0 aliphatic heterocycles. The third-order valence-corrected chi connectivity index (χ3v) is 4.92. The van der Waals surface area contributed by atoms with Crippen LogP contribution in [0.2, 0.25) is 5.02 Å². The molecule has 0 saturated heterocycles. The van der Waals surface area contributed by atoms with E-state index < -0.39 is 36.1 Å². The first-order chi connectivity index (χ1) is 14.3. The number of benzene rings is 2. The fourth-order valence-electron chi connectivity index (χ4n) is 2.70. The second-order valence-corrected chi connectivity index (χ2v) is 7.16. The van der Waals surface area contributed by atoms with Gasteiger partial charge in [-0.15, -0.1) is 0 Å². The van der Waals surface area contributed by atoms with Crippen LogP contribution in [0.4, 0.5) is 4.39 Å². The summed E-state index contributed by atoms with van der Waals surface area (Å²) in [5.41, 5.74) is 0.302. The molecule has 1 N–H and O–H groups in total. The maximum absolute atomic E-state index is 13.5. The number of hydrogen-bond donors (Lipinski definition) is 1. The Morgan fingerprint density at radius 2 is 1.80 bits per heavy atom. The maximum Gasteiger partial charge on any atom is 0.329 e. The highest BCUT2D eigenvalue weighted by atomic mass is 35.5. The Balaban J connectivity index is 2.08. The molecular weight excluding hydrogens is 413 g/mol. The number of hydrogen-bond acceptors (Lipinski definition) is 5. The number of halogens is 2. The highest BCUT2D eigenvalue weighted by Crippen LogP contribution is 2.20. The SMILES string of the molecule is CC[C@H](C)[C@H](NC(=O)c1ccc(Cl)cc1)C(=O)OCC(=O)c1cc(F)ccc1OC. The highest BCUT2D eigenvalue weighted by molar-refractivity contribution is 6.30. The van der Waals surface area contributed by atoms with Crippen molar-refractivity contribution in [1.82, 2.24) is 5.32 Å². The van der Waals surface area contributed by atoms with Crippen molar-refractivity contribution >= 4 is 29.3 Å². The van der Waals surface area contributed by atoms with Gasteiger partial charge in [0.15, 0.2) is 6.61 Å². The summed E-state index contributed by atoms with van der Waals surface area (Å²) in [6.45, 7) is 3.04. The van der Waals surface area contributed by atoms with Crippen LogP contribution in [0.1, 0.15) is 41.0 Å². The van der Waals surface area contributed by atoms with Crippen LogP contribution in [0.15, 0.2) is 42.5 Å². The number of Topliss-reactive ketones (excluding diaryl/α,β-unsaturated/α-hetero) is 1. The maximum atomic E-state index is 13.5. The van der Waals surface area contributed by atoms with Gasteiger partial charge in [0.25, 0.3) is 5.91 Å². The molecule has 0 heterocycles. The molecule has 2 rings (SSSR count). The number of nitrogens with one attached hydrogen (secondary N) is 1. The zero-order valence-corrected chi connectivity index (χ0v) is 17.7. The van der Waals surface area contributed by atoms with Gasteiger partial charge in [-0.05, 0) is 48.4 Å². The van der Waals surface area contributed by atoms with Crippen molar-refractivity contribution in [3.8, 4) is 5.75 Å². The third kappa shape index (κ3) is 6.03. The van der Waals surface area contributed by atoms with E-state index in [1.54, 1.807) is 19.1 Å². The quantitative estimate of drug-likeness (QED) is 0.474. The predicted octanol–water partition coefficient (Wildman–Crippen LogP) is 4.06. The number of ether oxygens (including phenoxy) is 2. The summed E-state index contributed by atoms with van der Waals surface area (Å²) in [6, 6.07) is 8.75. The molecule has 1 amide bonds. The second-order valence-electron chi connectivity index (χ2n) is 6.72. The number of esters is 1. The van der Waals surface area contributed by atoms with E-state index in [0.29, 0.717) is 17.0 Å². The van der Waals surface area contributed by atoms with Crippen molar-refractivity contribution in [2.45, 2.75) is 26.3 Å². The average Bonchev–Trinajstić information content (AvgIpc) is 2.75. The first-order valence-electron chi connectivity index (χ1n) is 9.36. The molecule has 0 radical (unpaired) electrons. The fraction of sp³-hybridized carbons (Fsp3) is 0.318. The Kier molecular flexibility index (Phi) is 8.35. The zero-order chi connectivity index (χ0) is 22.3. The molecule has 0 aromatic heterocycles. The van der Waals surface area contributed by atoms with Gasteiger partial charge in [0, 0.05) is 10.6 Å². The number of amides is 1. The molecule has 0 bridgehead atoms. The average molecular weight is 436 g/mol. The van der Waals surface area contributed by atoms with Crippen molar-refractivity contribution in [1.29, 1.82) is 0 Å². The number of methoxy groups -OCH3 is 1. The predicted molar refractivity (Wildman–Crippen MR) is 110 cm³/mol. The monoisotopic (exact) mass is 435 g/mol. The smallest absolute Gasteiger partial charge is 0.329 e. The summed E-state index contributed by atoms with van der Waals surface area (Å²) in [5.74, 6) is -2.52. The lowest BCUT2D eigenvalue weighted by Gasteiger charge is -2.22. The molecule has 30 heavy (non-hydrogen) atoms. The van der Waals surface area contributed by atoms with Crippen molar-refractivity contribution in [2.24, 2.45) is 5.92 Å². The number of carbonyl (C=O) groups excluding carboxylic acids is 3. The van der Waals surface area contributed by atoms with Crippen LogP contribution in [0.5, 0.6) is 5.75 Å². The molecule has 0 unspecified atom stereocenters. The molecule has 0 saturated carbocycles. The van der Waals surface area contributed by atoms with Crippen molar-refractivity contribution < 1.29 is 28.2 Å². The Morgan fingerprint density at radius 1 is 1.13 bits per heavy atom. The summed E-state index contributed by atoms with van der Waals surface area (Å²) >= 11 is 5.83. The molecule has 8 heteroatoms. The van der Waals surface area contributed by atoms with Crippen molar-refractivity contribution in [3.63, 3.8) is 0 Å². The summed E-state index contributed by atoms with van der Waals surface area (Å²) < 4.78 is 23.7. The molecule has 160 valence electrons. The molecule has 2 aromatic rings. The molecule has 0 spiro atoms. The third-order valence-electron chi connectivity index (χ3n) is 4.67. The minimum atomic E-state index is -0.958. The van der Waals surface area contributed by atoms with Gasteiger partial charge in [-0.1, -0.05) is 31.9 Å². The van der Waals surface area contributed by atoms with Crippen molar-refractivity contribution in [3.05, 3.63) is 64.4 Å². The summed E-state index contributed by atoms with van der Waals surface area (Å²) in [5, 5.41) is 3.13.